The fourth-order valence-electron chi connectivity index (χ4n) is 2.54. The first-order valence-electron chi connectivity index (χ1n) is 6.90. The number of rotatable bonds is 5. The lowest BCUT2D eigenvalue weighted by Gasteiger charge is -2.29. The Morgan fingerprint density at radius 1 is 1.12 bits per heavy atom. The highest BCUT2D eigenvalue weighted by Gasteiger charge is 2.26. The van der Waals surface area contributed by atoms with Gasteiger partial charge in [-0.25, -0.2) is 0 Å². The zero-order chi connectivity index (χ0) is 11.8. The van der Waals surface area contributed by atoms with Gasteiger partial charge < -0.3 is 5.32 Å². The first-order valence-corrected chi connectivity index (χ1v) is 8.28. The van der Waals surface area contributed by atoms with Crippen LogP contribution in [0, 0.1) is 0 Å². The highest BCUT2D eigenvalue weighted by Crippen LogP contribution is 2.21. The molecule has 0 amide bonds. The molecule has 0 aliphatic heterocycles. The van der Waals surface area contributed by atoms with Crippen molar-refractivity contribution in [3.63, 3.8) is 0 Å². The van der Waals surface area contributed by atoms with Gasteiger partial charge in [0.05, 0.1) is 5.25 Å². The summed E-state index contributed by atoms with van der Waals surface area (Å²) in [4.78, 5) is 0. The first kappa shape index (κ1) is 14.2. The third-order valence-corrected chi connectivity index (χ3v) is 5.29. The lowest BCUT2D eigenvalue weighted by molar-refractivity contribution is 0.395. The molecule has 3 heteroatoms. The SMILES string of the molecule is CCCNC1CCCCCCC1S(=O)CC. The molecule has 0 aromatic rings. The molecule has 0 aromatic heterocycles. The van der Waals surface area contributed by atoms with E-state index in [0.29, 0.717) is 11.3 Å². The molecule has 96 valence electrons. The normalized spacial score (nSPS) is 29.4. The smallest absolute Gasteiger partial charge is 0.0501 e. The summed E-state index contributed by atoms with van der Waals surface area (Å²) < 4.78 is 12.1. The molecule has 2 nitrogen and oxygen atoms in total. The van der Waals surface area contributed by atoms with Gasteiger partial charge in [-0.15, -0.1) is 0 Å². The van der Waals surface area contributed by atoms with Gasteiger partial charge in [0, 0.05) is 22.6 Å². The van der Waals surface area contributed by atoms with Gasteiger partial charge in [-0.05, 0) is 25.8 Å². The molecule has 3 atom stereocenters. The van der Waals surface area contributed by atoms with E-state index in [2.05, 4.69) is 12.2 Å². The van der Waals surface area contributed by atoms with Crippen LogP contribution in [-0.2, 0) is 10.8 Å². The number of nitrogens with one attached hydrogen (secondary N) is 1. The highest BCUT2D eigenvalue weighted by atomic mass is 32.2. The molecule has 1 N–H and O–H groups in total. The van der Waals surface area contributed by atoms with Crippen LogP contribution in [0.15, 0.2) is 0 Å². The second-order valence-corrected chi connectivity index (χ2v) is 6.70. The Kier molecular flexibility index (Phi) is 7.30. The van der Waals surface area contributed by atoms with Crippen LogP contribution in [0.1, 0.15) is 58.8 Å². The Labute approximate surface area is 103 Å². The average molecular weight is 245 g/mol. The first-order chi connectivity index (χ1) is 7.79. The summed E-state index contributed by atoms with van der Waals surface area (Å²) in [6, 6.07) is 0.501. The third-order valence-electron chi connectivity index (χ3n) is 3.48. The van der Waals surface area contributed by atoms with Crippen molar-refractivity contribution in [2.24, 2.45) is 0 Å². The van der Waals surface area contributed by atoms with E-state index in [-0.39, 0.29) is 0 Å². The van der Waals surface area contributed by atoms with E-state index in [0.717, 1.165) is 18.7 Å². The Morgan fingerprint density at radius 3 is 2.44 bits per heavy atom. The molecule has 0 saturated heterocycles. The summed E-state index contributed by atoms with van der Waals surface area (Å²) in [5.74, 6) is 0.814. The predicted octanol–water partition coefficient (Wildman–Crippen LogP) is 2.85. The van der Waals surface area contributed by atoms with E-state index >= 15 is 0 Å². The minimum Gasteiger partial charge on any atom is -0.313 e. The fourth-order valence-corrected chi connectivity index (χ4v) is 4.00. The van der Waals surface area contributed by atoms with E-state index < -0.39 is 10.8 Å². The summed E-state index contributed by atoms with van der Waals surface area (Å²) in [5.41, 5.74) is 0. The van der Waals surface area contributed by atoms with Crippen LogP contribution in [0.2, 0.25) is 0 Å². The zero-order valence-corrected chi connectivity index (χ0v) is 11.7. The average Bonchev–Trinajstić information content (AvgIpc) is 2.27. The minimum absolute atomic E-state index is 0.400. The van der Waals surface area contributed by atoms with Gasteiger partial charge in [-0.2, -0.15) is 0 Å². The fraction of sp³-hybridized carbons (Fsp3) is 1.00. The topological polar surface area (TPSA) is 29.1 Å². The molecule has 1 saturated carbocycles. The molecule has 16 heavy (non-hydrogen) atoms. The Balaban J connectivity index is 2.56. The van der Waals surface area contributed by atoms with Crippen molar-refractivity contribution < 1.29 is 4.21 Å². The quantitative estimate of drug-likeness (QED) is 0.807. The maximum Gasteiger partial charge on any atom is 0.0501 e. The van der Waals surface area contributed by atoms with Crippen molar-refractivity contribution in [3.8, 4) is 0 Å². The summed E-state index contributed by atoms with van der Waals surface area (Å²) in [5, 5.41) is 4.01. The van der Waals surface area contributed by atoms with Crippen LogP contribution in [0.5, 0.6) is 0 Å². The molecule has 0 radical (unpaired) electrons. The molecular formula is C13H27NOS. The van der Waals surface area contributed by atoms with Crippen molar-refractivity contribution in [1.82, 2.24) is 5.32 Å². The molecule has 1 aliphatic rings. The molecule has 0 spiro atoms. The monoisotopic (exact) mass is 245 g/mol. The number of hydrogen-bond acceptors (Lipinski definition) is 2. The van der Waals surface area contributed by atoms with E-state index in [1.165, 1.54) is 38.5 Å². The second kappa shape index (κ2) is 8.24. The van der Waals surface area contributed by atoms with Crippen LogP contribution in [0.3, 0.4) is 0 Å². The van der Waals surface area contributed by atoms with Crippen LogP contribution in [0.25, 0.3) is 0 Å². The lowest BCUT2D eigenvalue weighted by Crippen LogP contribution is -2.43. The van der Waals surface area contributed by atoms with E-state index in [1.807, 2.05) is 6.92 Å². The Hall–Kier alpha value is 0.110. The molecule has 1 rings (SSSR count). The maximum absolute atomic E-state index is 12.1. The maximum atomic E-state index is 12.1. The van der Waals surface area contributed by atoms with Gasteiger partial charge >= 0.3 is 0 Å². The van der Waals surface area contributed by atoms with Crippen molar-refractivity contribution in [3.05, 3.63) is 0 Å². The van der Waals surface area contributed by atoms with Crippen LogP contribution in [0.4, 0.5) is 0 Å². The summed E-state index contributed by atoms with van der Waals surface area (Å²) in [6.45, 7) is 5.32. The van der Waals surface area contributed by atoms with Gasteiger partial charge in [-0.3, -0.25) is 4.21 Å². The van der Waals surface area contributed by atoms with Gasteiger partial charge in [0.1, 0.15) is 0 Å². The Morgan fingerprint density at radius 2 is 1.81 bits per heavy atom. The minimum atomic E-state index is -0.628. The van der Waals surface area contributed by atoms with E-state index in [4.69, 9.17) is 0 Å². The molecule has 0 bridgehead atoms. The summed E-state index contributed by atoms with van der Waals surface area (Å²) in [7, 11) is -0.628. The summed E-state index contributed by atoms with van der Waals surface area (Å²) in [6.07, 6.45) is 8.80. The van der Waals surface area contributed by atoms with Crippen molar-refractivity contribution >= 4 is 10.8 Å². The van der Waals surface area contributed by atoms with E-state index in [9.17, 15) is 4.21 Å². The molecule has 0 heterocycles. The van der Waals surface area contributed by atoms with Gasteiger partial charge in [-0.1, -0.05) is 39.5 Å². The van der Waals surface area contributed by atoms with Crippen molar-refractivity contribution in [2.75, 3.05) is 12.3 Å². The third kappa shape index (κ3) is 4.54. The van der Waals surface area contributed by atoms with Crippen LogP contribution >= 0.6 is 0 Å². The lowest BCUT2D eigenvalue weighted by atomic mass is 9.96. The standard InChI is InChI=1S/C13H27NOS/c1-3-11-14-12-9-7-5-6-8-10-13(12)16(15)4-2/h12-14H,3-11H2,1-2H3. The molecule has 1 aliphatic carbocycles. The second-order valence-electron chi connectivity index (χ2n) is 4.76. The molecule has 0 aromatic carbocycles. The highest BCUT2D eigenvalue weighted by molar-refractivity contribution is 7.85. The van der Waals surface area contributed by atoms with Crippen LogP contribution < -0.4 is 5.32 Å². The summed E-state index contributed by atoms with van der Waals surface area (Å²) >= 11 is 0. The molecule has 1 fully saturated rings. The van der Waals surface area contributed by atoms with Gasteiger partial charge in [0.15, 0.2) is 0 Å². The van der Waals surface area contributed by atoms with E-state index in [1.54, 1.807) is 0 Å². The van der Waals surface area contributed by atoms with Crippen molar-refractivity contribution in [1.29, 1.82) is 0 Å². The zero-order valence-electron chi connectivity index (χ0n) is 10.8. The van der Waals surface area contributed by atoms with Crippen LogP contribution in [-0.4, -0.2) is 27.8 Å². The molecule has 3 unspecified atom stereocenters. The largest absolute Gasteiger partial charge is 0.313 e. The predicted molar refractivity (Wildman–Crippen MR) is 72.3 cm³/mol. The van der Waals surface area contributed by atoms with Gasteiger partial charge in [0.25, 0.3) is 0 Å². The number of hydrogen-bond donors (Lipinski definition) is 1. The Bertz CT molecular complexity index is 206. The van der Waals surface area contributed by atoms with Crippen molar-refractivity contribution in [2.45, 2.75) is 70.1 Å². The molecular weight excluding hydrogens is 218 g/mol. The van der Waals surface area contributed by atoms with Gasteiger partial charge in [0.2, 0.25) is 0 Å².